The van der Waals surface area contributed by atoms with E-state index in [-0.39, 0.29) is 0 Å². The molecule has 2 rings (SSSR count). The first-order valence-corrected chi connectivity index (χ1v) is 9.77. The smallest absolute Gasteiger partial charge is 0.116 e. The molecule has 0 radical (unpaired) electrons. The summed E-state index contributed by atoms with van der Waals surface area (Å²) < 4.78 is 4.92. The predicted octanol–water partition coefficient (Wildman–Crippen LogP) is 5.29. The van der Waals surface area contributed by atoms with Crippen molar-refractivity contribution in [3.05, 3.63) is 0 Å². The Labute approximate surface area is 129 Å². The molecule has 20 heavy (non-hydrogen) atoms. The first kappa shape index (κ1) is 16.2. The monoisotopic (exact) mass is 296 g/mol. The lowest BCUT2D eigenvalue weighted by atomic mass is 9.92. The van der Waals surface area contributed by atoms with E-state index in [0.717, 1.165) is 12.0 Å². The molecule has 0 aromatic carbocycles. The molecule has 0 spiro atoms. The van der Waals surface area contributed by atoms with Gasteiger partial charge in [-0.2, -0.15) is 0 Å². The second-order valence-electron chi connectivity index (χ2n) is 6.42. The van der Waals surface area contributed by atoms with Gasteiger partial charge in [-0.1, -0.05) is 52.4 Å². The lowest BCUT2D eigenvalue weighted by Crippen LogP contribution is -2.47. The Kier molecular flexibility index (Phi) is 7.26. The topological polar surface area (TPSA) is 15.6 Å². The van der Waals surface area contributed by atoms with Crippen molar-refractivity contribution in [2.45, 2.75) is 84.1 Å². The highest BCUT2D eigenvalue weighted by molar-refractivity contribution is 7.98. The van der Waals surface area contributed by atoms with Crippen molar-refractivity contribution in [1.29, 1.82) is 0 Å². The summed E-state index contributed by atoms with van der Waals surface area (Å²) in [6, 6.07) is 0.747. The normalized spacial score (nSPS) is 28.7. The lowest BCUT2D eigenvalue weighted by molar-refractivity contribution is 0.280. The molecule has 2 atom stereocenters. The maximum atomic E-state index is 4.92. The minimum atomic E-state index is 0.727. The third-order valence-electron chi connectivity index (χ3n) is 4.74. The molecule has 2 aliphatic heterocycles. The minimum Gasteiger partial charge on any atom is -0.355 e. The Morgan fingerprint density at radius 3 is 2.60 bits per heavy atom. The van der Waals surface area contributed by atoms with Crippen molar-refractivity contribution in [3.8, 4) is 0 Å². The van der Waals surface area contributed by atoms with Crippen molar-refractivity contribution in [1.82, 2.24) is 4.90 Å². The fourth-order valence-electron chi connectivity index (χ4n) is 3.65. The van der Waals surface area contributed by atoms with Gasteiger partial charge in [0.1, 0.15) is 5.84 Å². The Balaban J connectivity index is 2.13. The summed E-state index contributed by atoms with van der Waals surface area (Å²) in [6.45, 7) is 5.90. The maximum Gasteiger partial charge on any atom is 0.116 e. The highest BCUT2D eigenvalue weighted by atomic mass is 32.2. The van der Waals surface area contributed by atoms with E-state index in [9.17, 15) is 0 Å². The molecular formula is C17H32N2S. The van der Waals surface area contributed by atoms with E-state index in [2.05, 4.69) is 18.7 Å². The van der Waals surface area contributed by atoms with Gasteiger partial charge >= 0.3 is 0 Å². The summed E-state index contributed by atoms with van der Waals surface area (Å²) in [5.41, 5.74) is 0. The molecule has 116 valence electrons. The van der Waals surface area contributed by atoms with Crippen LogP contribution >= 0.6 is 11.9 Å². The van der Waals surface area contributed by atoms with Gasteiger partial charge in [0.05, 0.1) is 0 Å². The zero-order chi connectivity index (χ0) is 14.2. The number of hydrogen-bond donors (Lipinski definition) is 0. The molecule has 1 saturated heterocycles. The summed E-state index contributed by atoms with van der Waals surface area (Å²) in [5, 5.41) is 0. The van der Waals surface area contributed by atoms with Crippen LogP contribution in [-0.2, 0) is 0 Å². The lowest BCUT2D eigenvalue weighted by Gasteiger charge is -2.40. The molecule has 0 aliphatic carbocycles. The van der Waals surface area contributed by atoms with Crippen LogP contribution in [0.25, 0.3) is 0 Å². The molecule has 2 nitrogen and oxygen atoms in total. The van der Waals surface area contributed by atoms with Gasteiger partial charge in [0, 0.05) is 24.3 Å². The highest BCUT2D eigenvalue weighted by Crippen LogP contribution is 2.30. The molecule has 0 bridgehead atoms. The van der Waals surface area contributed by atoms with Gasteiger partial charge in [-0.15, -0.1) is 0 Å². The summed E-state index contributed by atoms with van der Waals surface area (Å²) in [6.07, 6.45) is 13.7. The van der Waals surface area contributed by atoms with Crippen LogP contribution in [0, 0.1) is 5.92 Å². The van der Waals surface area contributed by atoms with Crippen molar-refractivity contribution in [3.63, 3.8) is 0 Å². The first-order chi connectivity index (χ1) is 9.86. The van der Waals surface area contributed by atoms with Gasteiger partial charge in [0.2, 0.25) is 0 Å². The van der Waals surface area contributed by atoms with E-state index >= 15 is 0 Å². The molecule has 3 heteroatoms. The second-order valence-corrected chi connectivity index (χ2v) is 7.20. The fraction of sp³-hybridized carbons (Fsp3) is 0.941. The Morgan fingerprint density at radius 1 is 1.05 bits per heavy atom. The van der Waals surface area contributed by atoms with Gasteiger partial charge in [0.25, 0.3) is 0 Å². The molecular weight excluding hydrogens is 264 g/mol. The summed E-state index contributed by atoms with van der Waals surface area (Å²) >= 11 is 1.83. The quantitative estimate of drug-likeness (QED) is 0.655. The zero-order valence-corrected chi connectivity index (χ0v) is 14.3. The molecule has 2 unspecified atom stereocenters. The summed E-state index contributed by atoms with van der Waals surface area (Å²) in [7, 11) is 0. The summed E-state index contributed by atoms with van der Waals surface area (Å²) in [4.78, 5) is 2.71. The zero-order valence-electron chi connectivity index (χ0n) is 13.4. The molecule has 2 aliphatic rings. The average molecular weight is 297 g/mol. The van der Waals surface area contributed by atoms with Crippen molar-refractivity contribution in [2.75, 3.05) is 12.3 Å². The number of amidine groups is 1. The highest BCUT2D eigenvalue weighted by Gasteiger charge is 2.30. The molecule has 0 aromatic heterocycles. The number of hydrogen-bond acceptors (Lipinski definition) is 3. The van der Waals surface area contributed by atoms with Crippen LogP contribution in [0.3, 0.4) is 0 Å². The van der Waals surface area contributed by atoms with E-state index in [1.807, 2.05) is 11.9 Å². The Morgan fingerprint density at radius 2 is 1.80 bits per heavy atom. The molecule has 0 saturated carbocycles. The number of rotatable bonds is 4. The van der Waals surface area contributed by atoms with E-state index < -0.39 is 0 Å². The van der Waals surface area contributed by atoms with E-state index in [0.29, 0.717) is 0 Å². The Bertz CT molecular complexity index is 303. The largest absolute Gasteiger partial charge is 0.355 e. The van der Waals surface area contributed by atoms with E-state index in [4.69, 9.17) is 4.40 Å². The number of nitrogens with zero attached hydrogens (tertiary/aromatic N) is 2. The SMILES string of the molecule is CCCC1CCCCCCCN2C1=NSCC2CCC. The van der Waals surface area contributed by atoms with Crippen molar-refractivity contribution < 1.29 is 0 Å². The minimum absolute atomic E-state index is 0.727. The van der Waals surface area contributed by atoms with Crippen LogP contribution in [0.2, 0.25) is 0 Å². The molecule has 0 amide bonds. The van der Waals surface area contributed by atoms with Crippen LogP contribution in [0.5, 0.6) is 0 Å². The molecule has 2 heterocycles. The van der Waals surface area contributed by atoms with Gasteiger partial charge in [-0.25, -0.2) is 4.40 Å². The second kappa shape index (κ2) is 8.96. The maximum absolute atomic E-state index is 4.92. The third-order valence-corrected chi connectivity index (χ3v) is 5.59. The molecule has 0 aromatic rings. The fourth-order valence-corrected chi connectivity index (χ4v) is 4.63. The Hall–Kier alpha value is -0.180. The molecule has 1 fully saturated rings. The third kappa shape index (κ3) is 4.41. The van der Waals surface area contributed by atoms with Gasteiger partial charge in [0.15, 0.2) is 0 Å². The van der Waals surface area contributed by atoms with Crippen molar-refractivity contribution >= 4 is 17.8 Å². The van der Waals surface area contributed by atoms with E-state index in [1.165, 1.54) is 82.3 Å². The van der Waals surface area contributed by atoms with Gasteiger partial charge < -0.3 is 4.90 Å². The first-order valence-electron chi connectivity index (χ1n) is 8.83. The van der Waals surface area contributed by atoms with E-state index in [1.54, 1.807) is 0 Å². The molecule has 0 N–H and O–H groups in total. The van der Waals surface area contributed by atoms with Crippen LogP contribution < -0.4 is 0 Å². The van der Waals surface area contributed by atoms with Crippen LogP contribution in [0.4, 0.5) is 0 Å². The van der Waals surface area contributed by atoms with Gasteiger partial charge in [-0.05, 0) is 37.6 Å². The van der Waals surface area contributed by atoms with Crippen molar-refractivity contribution in [2.24, 2.45) is 10.3 Å². The van der Waals surface area contributed by atoms with Crippen LogP contribution in [-0.4, -0.2) is 29.1 Å². The summed E-state index contributed by atoms with van der Waals surface area (Å²) in [5.74, 6) is 3.39. The predicted molar refractivity (Wildman–Crippen MR) is 91.4 cm³/mol. The van der Waals surface area contributed by atoms with Crippen LogP contribution in [0.15, 0.2) is 4.40 Å². The average Bonchev–Trinajstić information content (AvgIpc) is 2.47. The number of fused-ring (bicyclic) bond motifs is 1. The van der Waals surface area contributed by atoms with Crippen LogP contribution in [0.1, 0.15) is 78.1 Å². The van der Waals surface area contributed by atoms with Gasteiger partial charge in [-0.3, -0.25) is 0 Å². The standard InChI is InChI=1S/C17H32N2S/c1-3-10-15-12-8-6-5-7-9-13-19-16(11-4-2)14-20-18-17(15)19/h15-16H,3-14H2,1-2H3.